The van der Waals surface area contributed by atoms with Gasteiger partial charge in [-0.15, -0.1) is 0 Å². The highest BCUT2D eigenvalue weighted by Gasteiger charge is 2.25. The summed E-state index contributed by atoms with van der Waals surface area (Å²) < 4.78 is 18.8. The fraction of sp³-hybridized carbons (Fsp3) is 0.400. The minimum Gasteiger partial charge on any atom is -0.469 e. The van der Waals surface area contributed by atoms with Gasteiger partial charge >= 0.3 is 18.1 Å². The molecule has 22 heavy (non-hydrogen) atoms. The SMILES string of the molecule is COC(=O)CCC(OC(=O)OCc1ccccc1)C(=O)OC. The van der Waals surface area contributed by atoms with Crippen LogP contribution in [0.3, 0.4) is 0 Å². The van der Waals surface area contributed by atoms with E-state index in [0.29, 0.717) is 0 Å². The number of methoxy groups -OCH3 is 2. The predicted octanol–water partition coefficient (Wildman–Crippen LogP) is 1.83. The summed E-state index contributed by atoms with van der Waals surface area (Å²) in [6, 6.07) is 9.00. The molecule has 0 spiro atoms. The number of hydrogen-bond acceptors (Lipinski definition) is 7. The van der Waals surface area contributed by atoms with Gasteiger partial charge in [-0.05, 0) is 5.56 Å². The zero-order chi connectivity index (χ0) is 16.4. The van der Waals surface area contributed by atoms with Gasteiger partial charge in [-0.3, -0.25) is 4.79 Å². The average Bonchev–Trinajstić information content (AvgIpc) is 2.56. The molecule has 0 amide bonds. The topological polar surface area (TPSA) is 88.1 Å². The van der Waals surface area contributed by atoms with Crippen LogP contribution in [0.5, 0.6) is 0 Å². The Hall–Kier alpha value is -2.57. The maximum Gasteiger partial charge on any atom is 0.509 e. The monoisotopic (exact) mass is 310 g/mol. The highest BCUT2D eigenvalue weighted by molar-refractivity contribution is 5.78. The van der Waals surface area contributed by atoms with Crippen LogP contribution in [-0.4, -0.2) is 38.4 Å². The molecule has 1 aromatic rings. The fourth-order valence-electron chi connectivity index (χ4n) is 1.57. The van der Waals surface area contributed by atoms with Crippen LogP contribution in [0.2, 0.25) is 0 Å². The number of esters is 2. The number of ether oxygens (including phenoxy) is 4. The molecule has 0 aliphatic heterocycles. The number of carbonyl (C=O) groups is 3. The zero-order valence-electron chi connectivity index (χ0n) is 12.4. The molecule has 1 unspecified atom stereocenters. The number of rotatable bonds is 7. The molecule has 7 nitrogen and oxygen atoms in total. The summed E-state index contributed by atoms with van der Waals surface area (Å²) >= 11 is 0. The average molecular weight is 310 g/mol. The second kappa shape index (κ2) is 9.38. The van der Waals surface area contributed by atoms with Gasteiger partial charge in [0.05, 0.1) is 14.2 Å². The Kier molecular flexibility index (Phi) is 7.45. The van der Waals surface area contributed by atoms with Gasteiger partial charge in [-0.25, -0.2) is 9.59 Å². The van der Waals surface area contributed by atoms with E-state index in [2.05, 4.69) is 9.47 Å². The summed E-state index contributed by atoms with van der Waals surface area (Å²) in [6.07, 6.45) is -2.35. The number of hydrogen-bond donors (Lipinski definition) is 0. The third-order valence-electron chi connectivity index (χ3n) is 2.74. The van der Waals surface area contributed by atoms with Gasteiger partial charge in [-0.1, -0.05) is 30.3 Å². The zero-order valence-corrected chi connectivity index (χ0v) is 12.4. The lowest BCUT2D eigenvalue weighted by molar-refractivity contribution is -0.153. The standard InChI is InChI=1S/C15H18O7/c1-19-13(16)9-8-12(14(17)20-2)22-15(18)21-10-11-6-4-3-5-7-11/h3-7,12H,8-10H2,1-2H3. The molecule has 7 heteroatoms. The van der Waals surface area contributed by atoms with Gasteiger partial charge in [0.2, 0.25) is 6.10 Å². The van der Waals surface area contributed by atoms with Crippen LogP contribution in [0.25, 0.3) is 0 Å². The first-order valence-electron chi connectivity index (χ1n) is 6.58. The lowest BCUT2D eigenvalue weighted by atomic mass is 10.2. The van der Waals surface area contributed by atoms with Crippen molar-refractivity contribution in [2.75, 3.05) is 14.2 Å². The van der Waals surface area contributed by atoms with Crippen molar-refractivity contribution in [2.45, 2.75) is 25.6 Å². The van der Waals surface area contributed by atoms with Gasteiger partial charge in [0.25, 0.3) is 0 Å². The minimum atomic E-state index is -1.22. The fourth-order valence-corrected chi connectivity index (χ4v) is 1.57. The van der Waals surface area contributed by atoms with E-state index in [4.69, 9.17) is 9.47 Å². The first kappa shape index (κ1) is 17.5. The second-order valence-corrected chi connectivity index (χ2v) is 4.27. The van der Waals surface area contributed by atoms with Crippen LogP contribution < -0.4 is 0 Å². The summed E-state index contributed by atoms with van der Waals surface area (Å²) in [5, 5.41) is 0. The van der Waals surface area contributed by atoms with Crippen LogP contribution in [0, 0.1) is 0 Å². The molecule has 0 bridgehead atoms. The molecule has 0 saturated heterocycles. The molecule has 0 N–H and O–H groups in total. The summed E-state index contributed by atoms with van der Waals surface area (Å²) in [5.74, 6) is -1.28. The molecular formula is C15H18O7. The molecule has 0 aliphatic carbocycles. The maximum atomic E-state index is 11.6. The highest BCUT2D eigenvalue weighted by Crippen LogP contribution is 2.09. The van der Waals surface area contributed by atoms with Crippen molar-refractivity contribution in [1.29, 1.82) is 0 Å². The van der Waals surface area contributed by atoms with Crippen molar-refractivity contribution in [1.82, 2.24) is 0 Å². The quantitative estimate of drug-likeness (QED) is 0.560. The summed E-state index contributed by atoms with van der Waals surface area (Å²) in [4.78, 5) is 34.2. The van der Waals surface area contributed by atoms with Gasteiger partial charge in [0.1, 0.15) is 6.61 Å². The van der Waals surface area contributed by atoms with E-state index in [-0.39, 0.29) is 19.4 Å². The van der Waals surface area contributed by atoms with Gasteiger partial charge in [0.15, 0.2) is 0 Å². The van der Waals surface area contributed by atoms with Crippen LogP contribution in [-0.2, 0) is 35.1 Å². The Bertz CT molecular complexity index is 498. The first-order chi connectivity index (χ1) is 10.6. The Balaban J connectivity index is 2.48. The minimum absolute atomic E-state index is 0.0184. The van der Waals surface area contributed by atoms with Gasteiger partial charge < -0.3 is 18.9 Å². The largest absolute Gasteiger partial charge is 0.509 e. The number of benzene rings is 1. The van der Waals surface area contributed by atoms with Crippen molar-refractivity contribution >= 4 is 18.1 Å². The molecule has 0 saturated carbocycles. The normalized spacial score (nSPS) is 11.2. The van der Waals surface area contributed by atoms with E-state index < -0.39 is 24.2 Å². The van der Waals surface area contributed by atoms with E-state index in [1.807, 2.05) is 6.07 Å². The van der Waals surface area contributed by atoms with Crippen LogP contribution in [0.15, 0.2) is 30.3 Å². The van der Waals surface area contributed by atoms with E-state index in [0.717, 1.165) is 12.7 Å². The third kappa shape index (κ3) is 6.25. The highest BCUT2D eigenvalue weighted by atomic mass is 16.7. The van der Waals surface area contributed by atoms with E-state index in [9.17, 15) is 14.4 Å². The smallest absolute Gasteiger partial charge is 0.469 e. The molecular weight excluding hydrogens is 292 g/mol. The van der Waals surface area contributed by atoms with E-state index in [1.54, 1.807) is 24.3 Å². The van der Waals surface area contributed by atoms with Crippen LogP contribution >= 0.6 is 0 Å². The lowest BCUT2D eigenvalue weighted by Gasteiger charge is -2.15. The van der Waals surface area contributed by atoms with E-state index in [1.165, 1.54) is 7.11 Å². The summed E-state index contributed by atoms with van der Waals surface area (Å²) in [6.45, 7) is 0.0184. The van der Waals surface area contributed by atoms with Crippen molar-refractivity contribution in [3.8, 4) is 0 Å². The molecule has 0 aromatic heterocycles. The van der Waals surface area contributed by atoms with Gasteiger partial charge in [0, 0.05) is 12.8 Å². The maximum absolute atomic E-state index is 11.6. The van der Waals surface area contributed by atoms with Gasteiger partial charge in [-0.2, -0.15) is 0 Å². The third-order valence-corrected chi connectivity index (χ3v) is 2.74. The summed E-state index contributed by atoms with van der Waals surface area (Å²) in [7, 11) is 2.39. The summed E-state index contributed by atoms with van der Waals surface area (Å²) in [5.41, 5.74) is 0.781. The molecule has 0 radical (unpaired) electrons. The molecule has 0 heterocycles. The molecule has 1 aromatic carbocycles. The Morgan fingerprint density at radius 1 is 1.05 bits per heavy atom. The molecule has 1 atom stereocenters. The van der Waals surface area contributed by atoms with Crippen molar-refractivity contribution in [2.24, 2.45) is 0 Å². The molecule has 0 aliphatic rings. The Morgan fingerprint density at radius 2 is 1.73 bits per heavy atom. The Labute approximate surface area is 128 Å². The predicted molar refractivity (Wildman–Crippen MR) is 74.8 cm³/mol. The first-order valence-corrected chi connectivity index (χ1v) is 6.58. The number of carbonyl (C=O) groups excluding carboxylic acids is 3. The lowest BCUT2D eigenvalue weighted by Crippen LogP contribution is -2.29. The molecule has 0 fully saturated rings. The second-order valence-electron chi connectivity index (χ2n) is 4.27. The van der Waals surface area contributed by atoms with Crippen LogP contribution in [0.1, 0.15) is 18.4 Å². The van der Waals surface area contributed by atoms with Crippen molar-refractivity contribution in [3.05, 3.63) is 35.9 Å². The van der Waals surface area contributed by atoms with Crippen LogP contribution in [0.4, 0.5) is 4.79 Å². The van der Waals surface area contributed by atoms with E-state index >= 15 is 0 Å². The van der Waals surface area contributed by atoms with Crippen molar-refractivity contribution < 1.29 is 33.3 Å². The Morgan fingerprint density at radius 3 is 2.32 bits per heavy atom. The molecule has 120 valence electrons. The molecule has 1 rings (SSSR count). The van der Waals surface area contributed by atoms with Crippen molar-refractivity contribution in [3.63, 3.8) is 0 Å².